The summed E-state index contributed by atoms with van der Waals surface area (Å²) in [5.74, 6) is 1.23. The van der Waals surface area contributed by atoms with Crippen molar-refractivity contribution in [2.45, 2.75) is 13.5 Å². The van der Waals surface area contributed by atoms with Gasteiger partial charge in [0.1, 0.15) is 21.5 Å². The van der Waals surface area contributed by atoms with Crippen LogP contribution < -0.4 is 9.47 Å². The summed E-state index contributed by atoms with van der Waals surface area (Å²) in [6, 6.07) is 23.0. The highest BCUT2D eigenvalue weighted by Crippen LogP contribution is 2.37. The van der Waals surface area contributed by atoms with Crippen molar-refractivity contribution < 1.29 is 14.3 Å². The van der Waals surface area contributed by atoms with Crippen LogP contribution in [0.2, 0.25) is 5.02 Å². The number of thiocarbonyl (C=S) groups is 1. The maximum absolute atomic E-state index is 13.4. The summed E-state index contributed by atoms with van der Waals surface area (Å²) < 4.78 is 13.1. The van der Waals surface area contributed by atoms with Gasteiger partial charge in [0.25, 0.3) is 5.91 Å². The third kappa shape index (κ3) is 5.48. The Kier molecular flexibility index (Phi) is 7.83. The van der Waals surface area contributed by atoms with Gasteiger partial charge in [0.2, 0.25) is 0 Å². The Balaban J connectivity index is 1.50. The minimum absolute atomic E-state index is 0.140. The maximum Gasteiger partial charge on any atom is 0.266 e. The molecule has 1 aromatic heterocycles. The van der Waals surface area contributed by atoms with Crippen molar-refractivity contribution in [3.8, 4) is 28.4 Å². The Hall–Kier alpha value is -3.59. The Morgan fingerprint density at radius 2 is 1.84 bits per heavy atom. The number of amides is 1. The number of para-hydroxylation sites is 1. The molecule has 0 radical (unpaired) electrons. The first-order valence-corrected chi connectivity index (χ1v) is 13.5. The van der Waals surface area contributed by atoms with Crippen LogP contribution in [0.4, 0.5) is 0 Å². The van der Waals surface area contributed by atoms with E-state index in [-0.39, 0.29) is 5.91 Å². The second-order valence-electron chi connectivity index (χ2n) is 8.41. The van der Waals surface area contributed by atoms with Crippen LogP contribution in [0.1, 0.15) is 18.1 Å². The van der Waals surface area contributed by atoms with E-state index in [0.717, 1.165) is 28.1 Å². The molecule has 4 aromatic rings. The number of rotatable bonds is 8. The number of benzene rings is 3. The van der Waals surface area contributed by atoms with Crippen LogP contribution in [-0.4, -0.2) is 38.6 Å². The lowest BCUT2D eigenvalue weighted by atomic mass is 10.1. The third-order valence-electron chi connectivity index (χ3n) is 5.93. The van der Waals surface area contributed by atoms with Crippen LogP contribution in [0.5, 0.6) is 11.5 Å². The molecule has 1 aliphatic rings. The third-order valence-corrected chi connectivity index (χ3v) is 7.60. The Morgan fingerprint density at radius 1 is 1.08 bits per heavy atom. The molecule has 0 atom stereocenters. The zero-order valence-electron chi connectivity index (χ0n) is 20.8. The minimum atomic E-state index is -0.140. The molecule has 1 fully saturated rings. The first-order chi connectivity index (χ1) is 18.5. The Labute approximate surface area is 235 Å². The second kappa shape index (κ2) is 11.4. The number of carbonyl (C=O) groups excluding carboxylic acids is 1. The first kappa shape index (κ1) is 26.0. The number of methoxy groups -OCH3 is 1. The van der Waals surface area contributed by atoms with Crippen molar-refractivity contribution in [2.75, 3.05) is 13.7 Å². The van der Waals surface area contributed by atoms with Crippen molar-refractivity contribution in [3.63, 3.8) is 0 Å². The zero-order valence-corrected chi connectivity index (χ0v) is 23.1. The fourth-order valence-electron chi connectivity index (χ4n) is 4.04. The van der Waals surface area contributed by atoms with Crippen LogP contribution in [0.3, 0.4) is 0 Å². The Bertz CT molecular complexity index is 1520. The first-order valence-electron chi connectivity index (χ1n) is 11.9. The molecule has 38 heavy (non-hydrogen) atoms. The molecule has 0 spiro atoms. The van der Waals surface area contributed by atoms with Gasteiger partial charge in [0, 0.05) is 17.3 Å². The molecule has 9 heteroatoms. The SMILES string of the molecule is CCOc1ccc(-c2nn(-c3ccccc3)cc2C=C2SC(=S)N(Cc3ccc(OC)cc3)C2=O)cc1Cl. The molecule has 0 N–H and O–H groups in total. The van der Waals surface area contributed by atoms with Crippen molar-refractivity contribution in [3.05, 3.63) is 100 Å². The topological polar surface area (TPSA) is 56.6 Å². The molecule has 2 heterocycles. The van der Waals surface area contributed by atoms with E-state index < -0.39 is 0 Å². The normalized spacial score (nSPS) is 14.4. The van der Waals surface area contributed by atoms with Crippen molar-refractivity contribution in [1.82, 2.24) is 14.7 Å². The highest BCUT2D eigenvalue weighted by molar-refractivity contribution is 8.26. The van der Waals surface area contributed by atoms with Crippen LogP contribution in [0, 0.1) is 0 Å². The number of thioether (sulfide) groups is 1. The summed E-state index contributed by atoms with van der Waals surface area (Å²) in [5.41, 5.74) is 4.15. The van der Waals surface area contributed by atoms with E-state index >= 15 is 0 Å². The van der Waals surface area contributed by atoms with E-state index in [4.69, 9.17) is 38.4 Å². The molecule has 0 aliphatic carbocycles. The number of ether oxygens (including phenoxy) is 2. The van der Waals surface area contributed by atoms with Gasteiger partial charge in [-0.2, -0.15) is 5.10 Å². The summed E-state index contributed by atoms with van der Waals surface area (Å²) in [7, 11) is 1.62. The van der Waals surface area contributed by atoms with Gasteiger partial charge in [-0.25, -0.2) is 4.68 Å². The second-order valence-corrected chi connectivity index (χ2v) is 10.5. The standard InChI is InChI=1S/C29H24ClN3O3S2/c1-3-36-25-14-11-20(15-24(25)30)27-21(18-33(31-27)22-7-5-4-6-8-22)16-26-28(34)32(29(37)38-26)17-19-9-12-23(35-2)13-10-19/h4-16,18H,3,17H2,1-2H3. The molecule has 1 saturated heterocycles. The number of carbonyl (C=O) groups is 1. The Morgan fingerprint density at radius 3 is 2.53 bits per heavy atom. The lowest BCUT2D eigenvalue weighted by molar-refractivity contribution is -0.122. The highest BCUT2D eigenvalue weighted by Gasteiger charge is 2.32. The average molecular weight is 562 g/mol. The van der Waals surface area contributed by atoms with E-state index in [1.54, 1.807) is 16.7 Å². The summed E-state index contributed by atoms with van der Waals surface area (Å²) >= 11 is 13.4. The molecule has 0 bridgehead atoms. The van der Waals surface area contributed by atoms with Crippen LogP contribution in [0.15, 0.2) is 83.9 Å². The molecule has 1 aliphatic heterocycles. The average Bonchev–Trinajstić information content (AvgIpc) is 3.47. The van der Waals surface area contributed by atoms with E-state index in [9.17, 15) is 4.79 Å². The van der Waals surface area contributed by atoms with E-state index in [0.29, 0.717) is 38.8 Å². The minimum Gasteiger partial charge on any atom is -0.497 e. The van der Waals surface area contributed by atoms with E-state index in [1.165, 1.54) is 11.8 Å². The van der Waals surface area contributed by atoms with Crippen molar-refractivity contribution in [1.29, 1.82) is 0 Å². The maximum atomic E-state index is 13.4. The number of hydrogen-bond donors (Lipinski definition) is 0. The van der Waals surface area contributed by atoms with Gasteiger partial charge in [-0.1, -0.05) is 65.9 Å². The molecule has 3 aromatic carbocycles. The molecule has 0 saturated carbocycles. The lowest BCUT2D eigenvalue weighted by Crippen LogP contribution is -2.27. The quantitative estimate of drug-likeness (QED) is 0.170. The summed E-state index contributed by atoms with van der Waals surface area (Å²) in [6.07, 6.45) is 3.75. The van der Waals surface area contributed by atoms with Crippen LogP contribution >= 0.6 is 35.6 Å². The largest absolute Gasteiger partial charge is 0.497 e. The monoisotopic (exact) mass is 561 g/mol. The molecular formula is C29H24ClN3O3S2. The predicted molar refractivity (Wildman–Crippen MR) is 157 cm³/mol. The predicted octanol–water partition coefficient (Wildman–Crippen LogP) is 7.00. The van der Waals surface area contributed by atoms with Crippen molar-refractivity contribution >= 4 is 51.9 Å². The van der Waals surface area contributed by atoms with Crippen LogP contribution in [-0.2, 0) is 11.3 Å². The molecule has 6 nitrogen and oxygen atoms in total. The number of aromatic nitrogens is 2. The van der Waals surface area contributed by atoms with Gasteiger partial charge < -0.3 is 9.47 Å². The highest BCUT2D eigenvalue weighted by atomic mass is 35.5. The summed E-state index contributed by atoms with van der Waals surface area (Å²) in [5, 5.41) is 5.35. The van der Waals surface area contributed by atoms with Gasteiger partial charge in [-0.05, 0) is 61.0 Å². The van der Waals surface area contributed by atoms with E-state index in [1.807, 2.05) is 92.0 Å². The zero-order chi connectivity index (χ0) is 26.6. The fraction of sp³-hybridized carbons (Fsp3) is 0.138. The fourth-order valence-corrected chi connectivity index (χ4v) is 5.52. The summed E-state index contributed by atoms with van der Waals surface area (Å²) in [6.45, 7) is 2.82. The van der Waals surface area contributed by atoms with Gasteiger partial charge in [-0.3, -0.25) is 9.69 Å². The number of nitrogens with zero attached hydrogens (tertiary/aromatic N) is 3. The molecule has 1 amide bonds. The van der Waals surface area contributed by atoms with Gasteiger partial charge in [0.05, 0.1) is 35.9 Å². The molecular weight excluding hydrogens is 538 g/mol. The number of halogens is 1. The van der Waals surface area contributed by atoms with Crippen LogP contribution in [0.25, 0.3) is 23.0 Å². The van der Waals surface area contributed by atoms with E-state index in [2.05, 4.69) is 0 Å². The smallest absolute Gasteiger partial charge is 0.266 e. The number of hydrogen-bond acceptors (Lipinski definition) is 6. The van der Waals surface area contributed by atoms with Crippen molar-refractivity contribution in [2.24, 2.45) is 0 Å². The lowest BCUT2D eigenvalue weighted by Gasteiger charge is -2.14. The molecule has 0 unspecified atom stereocenters. The van der Waals surface area contributed by atoms with Gasteiger partial charge in [-0.15, -0.1) is 0 Å². The molecule has 5 rings (SSSR count). The summed E-state index contributed by atoms with van der Waals surface area (Å²) in [4.78, 5) is 15.6. The molecule has 192 valence electrons. The van der Waals surface area contributed by atoms with Gasteiger partial charge >= 0.3 is 0 Å². The van der Waals surface area contributed by atoms with Gasteiger partial charge in [0.15, 0.2) is 0 Å².